The van der Waals surface area contributed by atoms with Crippen LogP contribution in [0.4, 0.5) is 0 Å². The van der Waals surface area contributed by atoms with E-state index in [1.165, 1.54) is 11.3 Å². The predicted octanol–water partition coefficient (Wildman–Crippen LogP) is 2.72. The Hall–Kier alpha value is -1.77. The zero-order valence-electron chi connectivity index (χ0n) is 10.0. The molecule has 0 radical (unpaired) electrons. The number of nitriles is 1. The van der Waals surface area contributed by atoms with E-state index in [9.17, 15) is 5.26 Å². The van der Waals surface area contributed by atoms with Gasteiger partial charge in [-0.15, -0.1) is 11.3 Å². The van der Waals surface area contributed by atoms with E-state index in [1.807, 2.05) is 18.2 Å². The van der Waals surface area contributed by atoms with Crippen LogP contribution in [0.15, 0.2) is 24.0 Å². The van der Waals surface area contributed by atoms with E-state index in [0.29, 0.717) is 10.6 Å². The lowest BCUT2D eigenvalue weighted by Crippen LogP contribution is -2.35. The van der Waals surface area contributed by atoms with Gasteiger partial charge in [0.05, 0.1) is 10.2 Å². The molecule has 0 saturated carbocycles. The second-order valence-corrected chi connectivity index (χ2v) is 5.67. The van der Waals surface area contributed by atoms with E-state index in [-0.39, 0.29) is 0 Å². The molecule has 1 aliphatic rings. The summed E-state index contributed by atoms with van der Waals surface area (Å²) in [4.78, 5) is 4.49. The van der Waals surface area contributed by atoms with Crippen molar-refractivity contribution in [1.82, 2.24) is 15.6 Å². The molecular weight excluding hydrogens is 280 g/mol. The molecule has 0 aliphatic carbocycles. The molecule has 1 aliphatic heterocycles. The number of halogens is 1. The molecule has 0 unspecified atom stereocenters. The number of nitrogens with one attached hydrogen (secondary N) is 2. The highest BCUT2D eigenvalue weighted by Crippen LogP contribution is 2.29. The molecule has 6 heteroatoms. The van der Waals surface area contributed by atoms with Gasteiger partial charge in [0.2, 0.25) is 0 Å². The van der Waals surface area contributed by atoms with E-state index >= 15 is 0 Å². The molecule has 2 heterocycles. The second kappa shape index (κ2) is 5.08. The number of thiazole rings is 1. The highest BCUT2D eigenvalue weighted by Gasteiger charge is 2.16. The standard InChI is InChI=1S/C13H11ClN4S/c14-8-2-3-11-10(6-8)18-13(19-11)9(7-15)12-16-4-1-5-17-12/h2-3,6,16-17H,1,4-5H2. The maximum absolute atomic E-state index is 9.36. The first-order valence-corrected chi connectivity index (χ1v) is 7.16. The largest absolute Gasteiger partial charge is 0.371 e. The van der Waals surface area contributed by atoms with Gasteiger partial charge in [-0.1, -0.05) is 11.6 Å². The van der Waals surface area contributed by atoms with Crippen molar-refractivity contribution in [3.05, 3.63) is 34.1 Å². The Morgan fingerprint density at radius 3 is 2.89 bits per heavy atom. The Labute approximate surface area is 119 Å². The number of rotatable bonds is 1. The first kappa shape index (κ1) is 12.3. The average Bonchev–Trinajstić information content (AvgIpc) is 2.83. The molecule has 2 N–H and O–H groups in total. The highest BCUT2D eigenvalue weighted by atomic mass is 35.5. The zero-order valence-corrected chi connectivity index (χ0v) is 11.6. The Morgan fingerprint density at radius 1 is 1.37 bits per heavy atom. The van der Waals surface area contributed by atoms with Crippen molar-refractivity contribution in [2.24, 2.45) is 0 Å². The number of allylic oxidation sites excluding steroid dienone is 1. The van der Waals surface area contributed by atoms with Crippen LogP contribution in [0.2, 0.25) is 5.02 Å². The highest BCUT2D eigenvalue weighted by molar-refractivity contribution is 7.19. The molecule has 0 spiro atoms. The van der Waals surface area contributed by atoms with Crippen molar-refractivity contribution in [2.75, 3.05) is 13.1 Å². The normalized spacial score (nSPS) is 14.6. The van der Waals surface area contributed by atoms with Crippen molar-refractivity contribution in [3.63, 3.8) is 0 Å². The van der Waals surface area contributed by atoms with Gasteiger partial charge in [-0.25, -0.2) is 4.98 Å². The van der Waals surface area contributed by atoms with E-state index in [2.05, 4.69) is 21.7 Å². The van der Waals surface area contributed by atoms with Gasteiger partial charge in [0, 0.05) is 18.1 Å². The molecule has 0 amide bonds. The minimum atomic E-state index is 0.567. The topological polar surface area (TPSA) is 60.7 Å². The minimum absolute atomic E-state index is 0.567. The van der Waals surface area contributed by atoms with Gasteiger partial charge in [-0.3, -0.25) is 0 Å². The molecule has 1 saturated heterocycles. The third kappa shape index (κ3) is 2.37. The Morgan fingerprint density at radius 2 is 2.16 bits per heavy atom. The van der Waals surface area contributed by atoms with Crippen LogP contribution in [0.25, 0.3) is 15.8 Å². The number of aromatic nitrogens is 1. The molecular formula is C13H11ClN4S. The Kier molecular flexibility index (Phi) is 3.28. The molecule has 0 bridgehead atoms. The quantitative estimate of drug-likeness (QED) is 0.793. The summed E-state index contributed by atoms with van der Waals surface area (Å²) in [5.74, 6) is 0.777. The summed E-state index contributed by atoms with van der Waals surface area (Å²) < 4.78 is 1.03. The summed E-state index contributed by atoms with van der Waals surface area (Å²) in [7, 11) is 0. The molecule has 2 aromatic rings. The maximum atomic E-state index is 9.36. The summed E-state index contributed by atoms with van der Waals surface area (Å²) in [6, 6.07) is 7.82. The van der Waals surface area contributed by atoms with E-state index in [4.69, 9.17) is 11.6 Å². The van der Waals surface area contributed by atoms with Crippen LogP contribution in [0.1, 0.15) is 11.4 Å². The lowest BCUT2D eigenvalue weighted by atomic mass is 10.2. The van der Waals surface area contributed by atoms with Crippen LogP contribution in [0.5, 0.6) is 0 Å². The average molecular weight is 291 g/mol. The van der Waals surface area contributed by atoms with Crippen LogP contribution in [0.3, 0.4) is 0 Å². The van der Waals surface area contributed by atoms with E-state index in [0.717, 1.165) is 40.6 Å². The van der Waals surface area contributed by atoms with Crippen LogP contribution >= 0.6 is 22.9 Å². The molecule has 1 fully saturated rings. The van der Waals surface area contributed by atoms with Crippen LogP contribution in [0, 0.1) is 11.3 Å². The SMILES string of the molecule is N#CC(=C1NCCCN1)c1nc2cc(Cl)ccc2s1. The molecule has 19 heavy (non-hydrogen) atoms. The van der Waals surface area contributed by atoms with Gasteiger partial charge in [-0.05, 0) is 24.6 Å². The molecule has 1 aromatic carbocycles. The first-order valence-electron chi connectivity index (χ1n) is 5.96. The summed E-state index contributed by atoms with van der Waals surface area (Å²) >= 11 is 7.46. The third-order valence-electron chi connectivity index (χ3n) is 2.88. The van der Waals surface area contributed by atoms with Gasteiger partial charge >= 0.3 is 0 Å². The lowest BCUT2D eigenvalue weighted by molar-refractivity contribution is 0.576. The first-order chi connectivity index (χ1) is 9.28. The summed E-state index contributed by atoms with van der Waals surface area (Å²) in [5.41, 5.74) is 1.40. The monoisotopic (exact) mass is 290 g/mol. The molecule has 1 aromatic heterocycles. The zero-order chi connectivity index (χ0) is 13.2. The van der Waals surface area contributed by atoms with Gasteiger partial charge in [0.25, 0.3) is 0 Å². The van der Waals surface area contributed by atoms with Gasteiger partial charge in [-0.2, -0.15) is 5.26 Å². The number of hydrogen-bond acceptors (Lipinski definition) is 5. The smallest absolute Gasteiger partial charge is 0.138 e. The van der Waals surface area contributed by atoms with Crippen molar-refractivity contribution in [1.29, 1.82) is 5.26 Å². The molecule has 96 valence electrons. The van der Waals surface area contributed by atoms with Gasteiger partial charge in [0.15, 0.2) is 0 Å². The van der Waals surface area contributed by atoms with Gasteiger partial charge < -0.3 is 10.6 Å². The van der Waals surface area contributed by atoms with Crippen molar-refractivity contribution in [3.8, 4) is 6.07 Å². The number of nitrogens with zero attached hydrogens (tertiary/aromatic N) is 2. The number of hydrogen-bond donors (Lipinski definition) is 2. The fourth-order valence-electron chi connectivity index (χ4n) is 1.97. The summed E-state index contributed by atoms with van der Waals surface area (Å²) in [6.45, 7) is 1.76. The predicted molar refractivity (Wildman–Crippen MR) is 77.8 cm³/mol. The minimum Gasteiger partial charge on any atom is -0.371 e. The Bertz CT molecular complexity index is 690. The maximum Gasteiger partial charge on any atom is 0.138 e. The molecule has 0 atom stereocenters. The lowest BCUT2D eigenvalue weighted by Gasteiger charge is -2.19. The fraction of sp³-hybridized carbons (Fsp3) is 0.231. The summed E-state index contributed by atoms with van der Waals surface area (Å²) in [5, 5.41) is 17.2. The van der Waals surface area contributed by atoms with Crippen LogP contribution in [-0.2, 0) is 0 Å². The fourth-order valence-corrected chi connectivity index (χ4v) is 3.09. The Balaban J connectivity index is 2.09. The van der Waals surface area contributed by atoms with E-state index < -0.39 is 0 Å². The molecule has 4 nitrogen and oxygen atoms in total. The molecule has 3 rings (SSSR count). The van der Waals surface area contributed by atoms with Crippen LogP contribution in [-0.4, -0.2) is 18.1 Å². The van der Waals surface area contributed by atoms with E-state index in [1.54, 1.807) is 0 Å². The van der Waals surface area contributed by atoms with Crippen LogP contribution < -0.4 is 10.6 Å². The number of fused-ring (bicyclic) bond motifs is 1. The number of benzene rings is 1. The van der Waals surface area contributed by atoms with Gasteiger partial charge in [0.1, 0.15) is 22.5 Å². The second-order valence-electron chi connectivity index (χ2n) is 4.20. The van der Waals surface area contributed by atoms with Crippen molar-refractivity contribution >= 4 is 38.7 Å². The van der Waals surface area contributed by atoms with Crippen molar-refractivity contribution in [2.45, 2.75) is 6.42 Å². The third-order valence-corrected chi connectivity index (χ3v) is 4.17. The summed E-state index contributed by atoms with van der Waals surface area (Å²) in [6.07, 6.45) is 1.05. The van der Waals surface area contributed by atoms with Crippen molar-refractivity contribution < 1.29 is 0 Å².